The summed E-state index contributed by atoms with van der Waals surface area (Å²) in [4.78, 5) is 71.4. The number of carbonyl (C=O) groups excluding carboxylic acids is 5. The minimum Gasteiger partial charge on any atom is -0.467 e. The van der Waals surface area contributed by atoms with E-state index in [1.807, 2.05) is 65.0 Å². The lowest BCUT2D eigenvalue weighted by Gasteiger charge is -2.41. The predicted molar refractivity (Wildman–Crippen MR) is 203 cm³/mol. The summed E-state index contributed by atoms with van der Waals surface area (Å²) in [5.41, 5.74) is 0.155. The second kappa shape index (κ2) is 20.2. The normalized spacial score (nSPS) is 22.6. The maximum Gasteiger partial charge on any atom is 0.328 e. The summed E-state index contributed by atoms with van der Waals surface area (Å²) in [5, 5.41) is 9.16. The van der Waals surface area contributed by atoms with Crippen LogP contribution in [0.1, 0.15) is 85.6 Å². The van der Waals surface area contributed by atoms with Gasteiger partial charge in [0.1, 0.15) is 12.1 Å². The maximum atomic E-state index is 14.2. The van der Waals surface area contributed by atoms with Crippen molar-refractivity contribution in [2.45, 2.75) is 128 Å². The van der Waals surface area contributed by atoms with Crippen molar-refractivity contribution in [1.29, 1.82) is 0 Å². The van der Waals surface area contributed by atoms with Gasteiger partial charge in [-0.05, 0) is 56.6 Å². The van der Waals surface area contributed by atoms with Crippen molar-refractivity contribution in [3.8, 4) is 0 Å². The number of likely N-dealkylation sites (tertiary alicyclic amines) is 1. The van der Waals surface area contributed by atoms with E-state index >= 15 is 0 Å². The molecule has 0 radical (unpaired) electrons. The van der Waals surface area contributed by atoms with Crippen molar-refractivity contribution in [3.63, 3.8) is 0 Å². The summed E-state index contributed by atoms with van der Waals surface area (Å²) < 4.78 is 16.9. The van der Waals surface area contributed by atoms with E-state index in [9.17, 15) is 24.0 Å². The third-order valence-corrected chi connectivity index (χ3v) is 11.4. The highest BCUT2D eigenvalue weighted by Gasteiger charge is 2.44. The molecule has 2 saturated heterocycles. The van der Waals surface area contributed by atoms with Crippen LogP contribution in [0.3, 0.4) is 0 Å². The van der Waals surface area contributed by atoms with Crippen molar-refractivity contribution in [2.75, 3.05) is 41.5 Å². The molecule has 13 nitrogen and oxygen atoms in total. The van der Waals surface area contributed by atoms with E-state index in [0.29, 0.717) is 19.4 Å². The SMILES string of the molecule is CC[C@H](C)[C@@H]([C@@H](CC(=O)N1CCC[C@H]1[C@H](OC)[C@@H](C)C(=O)NC(Cc1ccccc1)C(=O)OC)OC)N(C)C(=O)[C@@H](NC(=O)[C@]1(C)CCCN1)C(C)C. The molecule has 1 aromatic carbocycles. The monoisotopic (exact) mass is 743 g/mol. The van der Waals surface area contributed by atoms with Crippen LogP contribution in [0.2, 0.25) is 0 Å². The van der Waals surface area contributed by atoms with E-state index in [2.05, 4.69) is 16.0 Å². The van der Waals surface area contributed by atoms with Crippen LogP contribution in [0.25, 0.3) is 0 Å². The Labute approximate surface area is 316 Å². The molecule has 0 bridgehead atoms. The number of esters is 1. The molecule has 2 aliphatic rings. The number of nitrogens with one attached hydrogen (secondary N) is 3. The van der Waals surface area contributed by atoms with Gasteiger partial charge in [0.25, 0.3) is 0 Å². The van der Waals surface area contributed by atoms with Crippen LogP contribution in [0.15, 0.2) is 30.3 Å². The van der Waals surface area contributed by atoms with Gasteiger partial charge in [-0.3, -0.25) is 19.2 Å². The molecule has 2 heterocycles. The molecule has 0 saturated carbocycles. The van der Waals surface area contributed by atoms with Crippen molar-refractivity contribution in [3.05, 3.63) is 35.9 Å². The van der Waals surface area contributed by atoms with Crippen molar-refractivity contribution in [2.24, 2.45) is 17.8 Å². The molecule has 1 aromatic rings. The first-order valence-corrected chi connectivity index (χ1v) is 19.2. The molecule has 2 aliphatic heterocycles. The number of amides is 4. The Kier molecular flexibility index (Phi) is 16.7. The zero-order chi connectivity index (χ0) is 39.5. The second-order valence-electron chi connectivity index (χ2n) is 15.4. The van der Waals surface area contributed by atoms with E-state index in [1.165, 1.54) is 14.2 Å². The van der Waals surface area contributed by atoms with Gasteiger partial charge < -0.3 is 40.0 Å². The number of carbonyl (C=O) groups is 5. The Hall–Kier alpha value is -3.55. The first-order chi connectivity index (χ1) is 25.1. The zero-order valence-electron chi connectivity index (χ0n) is 33.6. The van der Waals surface area contributed by atoms with E-state index in [0.717, 1.165) is 31.4 Å². The first-order valence-electron chi connectivity index (χ1n) is 19.2. The summed E-state index contributed by atoms with van der Waals surface area (Å²) in [5.74, 6) is -2.40. The summed E-state index contributed by atoms with van der Waals surface area (Å²) in [7, 11) is 6.10. The molecule has 3 N–H and O–H groups in total. The van der Waals surface area contributed by atoms with Crippen LogP contribution >= 0.6 is 0 Å². The Morgan fingerprint density at radius 2 is 1.68 bits per heavy atom. The molecule has 298 valence electrons. The van der Waals surface area contributed by atoms with Crippen molar-refractivity contribution >= 4 is 29.6 Å². The Balaban J connectivity index is 1.77. The number of hydrogen-bond donors (Lipinski definition) is 3. The van der Waals surface area contributed by atoms with Crippen molar-refractivity contribution in [1.82, 2.24) is 25.8 Å². The molecule has 2 fully saturated rings. The van der Waals surface area contributed by atoms with E-state index < -0.39 is 47.8 Å². The van der Waals surface area contributed by atoms with E-state index in [1.54, 1.807) is 30.9 Å². The molecule has 0 aromatic heterocycles. The highest BCUT2D eigenvalue weighted by atomic mass is 16.5. The number of benzene rings is 1. The Morgan fingerprint density at radius 1 is 1.00 bits per heavy atom. The van der Waals surface area contributed by atoms with Gasteiger partial charge in [-0.1, -0.05) is 71.4 Å². The van der Waals surface area contributed by atoms with E-state index in [-0.39, 0.29) is 54.3 Å². The Morgan fingerprint density at radius 3 is 2.23 bits per heavy atom. The highest BCUT2D eigenvalue weighted by Crippen LogP contribution is 2.30. The van der Waals surface area contributed by atoms with Crippen LogP contribution in [0.4, 0.5) is 0 Å². The number of nitrogens with zero attached hydrogens (tertiary/aromatic N) is 2. The molecule has 13 heteroatoms. The fraction of sp³-hybridized carbons (Fsp3) is 0.725. The summed E-state index contributed by atoms with van der Waals surface area (Å²) >= 11 is 0. The van der Waals surface area contributed by atoms with Gasteiger partial charge in [0.05, 0.1) is 49.3 Å². The molecular weight excluding hydrogens is 678 g/mol. The Bertz CT molecular complexity index is 1370. The van der Waals surface area contributed by atoms with E-state index in [4.69, 9.17) is 14.2 Å². The maximum absolute atomic E-state index is 14.2. The number of ether oxygens (including phenoxy) is 3. The molecule has 1 unspecified atom stereocenters. The molecule has 9 atom stereocenters. The van der Waals surface area contributed by atoms with Gasteiger partial charge in [0.2, 0.25) is 23.6 Å². The fourth-order valence-electron chi connectivity index (χ4n) is 7.92. The largest absolute Gasteiger partial charge is 0.467 e. The van der Waals surface area contributed by atoms with Crippen LogP contribution < -0.4 is 16.0 Å². The van der Waals surface area contributed by atoms with Crippen LogP contribution in [0, 0.1) is 17.8 Å². The first kappa shape index (κ1) is 43.9. The number of rotatable bonds is 19. The zero-order valence-corrected chi connectivity index (χ0v) is 33.6. The smallest absolute Gasteiger partial charge is 0.328 e. The van der Waals surface area contributed by atoms with Gasteiger partial charge in [-0.15, -0.1) is 0 Å². The van der Waals surface area contributed by atoms with Gasteiger partial charge in [0, 0.05) is 34.2 Å². The summed E-state index contributed by atoms with van der Waals surface area (Å²) in [6, 6.07) is 6.90. The fourth-order valence-corrected chi connectivity index (χ4v) is 7.92. The number of methoxy groups -OCH3 is 3. The molecule has 0 aliphatic carbocycles. The number of hydrogen-bond acceptors (Lipinski definition) is 9. The van der Waals surface area contributed by atoms with Gasteiger partial charge >= 0.3 is 5.97 Å². The van der Waals surface area contributed by atoms with Gasteiger partial charge in [-0.25, -0.2) is 4.79 Å². The van der Waals surface area contributed by atoms with Gasteiger partial charge in [0.15, 0.2) is 0 Å². The summed E-state index contributed by atoms with van der Waals surface area (Å²) in [6.07, 6.45) is 2.71. The van der Waals surface area contributed by atoms with Crippen LogP contribution in [-0.2, 0) is 44.6 Å². The lowest BCUT2D eigenvalue weighted by atomic mass is 9.89. The highest BCUT2D eigenvalue weighted by molar-refractivity contribution is 5.92. The minimum absolute atomic E-state index is 0.0127. The lowest BCUT2D eigenvalue weighted by molar-refractivity contribution is -0.149. The topological polar surface area (TPSA) is 156 Å². The standard InChI is InChI=1S/C40H65N5O8/c1-11-26(4)34(44(7)37(48)33(25(2)3)43-39(50)40(6)20-16-21-41-40)31(51-8)24-32(46)45-22-15-19-30(45)35(52-9)27(5)36(47)42-29(38(49)53-10)23-28-17-13-12-14-18-28/h12-14,17-18,25-27,29-31,33-35,41H,11,15-16,19-24H2,1-10H3,(H,42,47)(H,43,50)/t26-,27+,29?,30-,31+,33-,34-,35+,40-/m0/s1. The lowest BCUT2D eigenvalue weighted by Crippen LogP contribution is -2.61. The quantitative estimate of drug-likeness (QED) is 0.181. The average Bonchev–Trinajstić information content (AvgIpc) is 3.83. The van der Waals surface area contributed by atoms with Gasteiger partial charge in [-0.2, -0.15) is 0 Å². The average molecular weight is 744 g/mol. The molecule has 53 heavy (non-hydrogen) atoms. The van der Waals surface area contributed by atoms with Crippen LogP contribution in [-0.4, -0.2) is 123 Å². The summed E-state index contributed by atoms with van der Waals surface area (Å²) in [6.45, 7) is 12.8. The third-order valence-electron chi connectivity index (χ3n) is 11.4. The second-order valence-corrected chi connectivity index (χ2v) is 15.4. The predicted octanol–water partition coefficient (Wildman–Crippen LogP) is 3.09. The molecule has 0 spiro atoms. The third kappa shape index (κ3) is 11.0. The minimum atomic E-state index is -0.887. The molecule has 4 amide bonds. The molecule has 3 rings (SSSR count). The van der Waals surface area contributed by atoms with Crippen LogP contribution in [0.5, 0.6) is 0 Å². The number of likely N-dealkylation sites (N-methyl/N-ethyl adjacent to an activating group) is 1. The molecular formula is C40H65N5O8. The van der Waals surface area contributed by atoms with Crippen molar-refractivity contribution < 1.29 is 38.2 Å².